The Hall–Kier alpha value is -1.89. The molecule has 0 aliphatic carbocycles. The number of thioether (sulfide) groups is 1. The lowest BCUT2D eigenvalue weighted by atomic mass is 10.0. The van der Waals surface area contributed by atoms with Crippen molar-refractivity contribution in [2.75, 3.05) is 0 Å². The summed E-state index contributed by atoms with van der Waals surface area (Å²) in [6.45, 7) is 7.99. The second kappa shape index (κ2) is 7.15. The zero-order chi connectivity index (χ0) is 18.1. The first-order valence-electron chi connectivity index (χ1n) is 8.73. The number of rotatable bonds is 5. The maximum Gasteiger partial charge on any atom is 0.192 e. The average molecular weight is 360 g/mol. The van der Waals surface area contributed by atoms with Gasteiger partial charge in [0, 0.05) is 24.2 Å². The molecule has 0 spiro atoms. The number of nitrogens with zero attached hydrogens (tertiary/aromatic N) is 3. The predicted molar refractivity (Wildman–Crippen MR) is 97.5 cm³/mol. The van der Waals surface area contributed by atoms with E-state index in [1.54, 1.807) is 0 Å². The van der Waals surface area contributed by atoms with Crippen LogP contribution in [0.5, 0.6) is 0 Å². The molecule has 6 nitrogen and oxygen atoms in total. The number of hydrogen-bond donors (Lipinski definition) is 1. The SMILES string of the molecule is CC(=O)c1c(C)[nH]c(C(=O)C(C)Sc2nnc3n2CCCCC3)c1C. The molecule has 0 bridgehead atoms. The van der Waals surface area contributed by atoms with Crippen molar-refractivity contribution in [2.45, 2.75) is 70.3 Å². The zero-order valence-corrected chi connectivity index (χ0v) is 16.0. The summed E-state index contributed by atoms with van der Waals surface area (Å²) in [5, 5.41) is 9.09. The molecule has 25 heavy (non-hydrogen) atoms. The maximum atomic E-state index is 12.9. The Morgan fingerprint density at radius 3 is 2.64 bits per heavy atom. The molecule has 1 aliphatic heterocycles. The number of aryl methyl sites for hydroxylation is 2. The van der Waals surface area contributed by atoms with E-state index in [0.717, 1.165) is 48.0 Å². The third kappa shape index (κ3) is 3.42. The first-order chi connectivity index (χ1) is 11.9. The van der Waals surface area contributed by atoms with Crippen LogP contribution in [0, 0.1) is 13.8 Å². The Kier molecular flexibility index (Phi) is 5.13. The van der Waals surface area contributed by atoms with E-state index < -0.39 is 0 Å². The number of carbonyl (C=O) groups excluding carboxylic acids is 2. The predicted octanol–water partition coefficient (Wildman–Crippen LogP) is 3.52. The summed E-state index contributed by atoms with van der Waals surface area (Å²) in [5.74, 6) is 0.989. The standard InChI is InChI=1S/C18H24N4O2S/c1-10-15(12(3)23)11(2)19-16(10)17(24)13(4)25-18-21-20-14-8-6-5-7-9-22(14)18/h13,19H,5-9H2,1-4H3. The van der Waals surface area contributed by atoms with Gasteiger partial charge in [-0.15, -0.1) is 10.2 Å². The summed E-state index contributed by atoms with van der Waals surface area (Å²) in [5.41, 5.74) is 2.64. The molecule has 0 amide bonds. The van der Waals surface area contributed by atoms with Gasteiger partial charge in [0.15, 0.2) is 16.7 Å². The van der Waals surface area contributed by atoms with Gasteiger partial charge in [0.1, 0.15) is 5.82 Å². The van der Waals surface area contributed by atoms with Crippen LogP contribution in [0.3, 0.4) is 0 Å². The maximum absolute atomic E-state index is 12.9. The van der Waals surface area contributed by atoms with Crippen molar-refractivity contribution in [1.82, 2.24) is 19.7 Å². The summed E-state index contributed by atoms with van der Waals surface area (Å²) >= 11 is 1.44. The quantitative estimate of drug-likeness (QED) is 0.652. The number of H-pyrrole nitrogens is 1. The summed E-state index contributed by atoms with van der Waals surface area (Å²) in [6, 6.07) is 0. The van der Waals surface area contributed by atoms with Crippen molar-refractivity contribution >= 4 is 23.3 Å². The van der Waals surface area contributed by atoms with Gasteiger partial charge < -0.3 is 9.55 Å². The average Bonchev–Trinajstić information content (AvgIpc) is 2.97. The van der Waals surface area contributed by atoms with Crippen LogP contribution in [-0.2, 0) is 13.0 Å². The number of ketones is 2. The highest BCUT2D eigenvalue weighted by atomic mass is 32.2. The molecular weight excluding hydrogens is 336 g/mol. The van der Waals surface area contributed by atoms with E-state index in [9.17, 15) is 9.59 Å². The second-order valence-electron chi connectivity index (χ2n) is 6.67. The molecule has 0 aromatic carbocycles. The molecule has 0 saturated carbocycles. The molecule has 1 N–H and O–H groups in total. The Labute approximate surface area is 151 Å². The third-order valence-electron chi connectivity index (χ3n) is 4.76. The van der Waals surface area contributed by atoms with Crippen molar-refractivity contribution in [1.29, 1.82) is 0 Å². The zero-order valence-electron chi connectivity index (χ0n) is 15.2. The molecule has 1 unspecified atom stereocenters. The highest BCUT2D eigenvalue weighted by Crippen LogP contribution is 2.28. The Bertz CT molecular complexity index is 821. The van der Waals surface area contributed by atoms with Gasteiger partial charge >= 0.3 is 0 Å². The third-order valence-corrected chi connectivity index (χ3v) is 5.84. The number of nitrogens with one attached hydrogen (secondary N) is 1. The van der Waals surface area contributed by atoms with E-state index in [0.29, 0.717) is 11.3 Å². The number of aromatic nitrogens is 4. The van der Waals surface area contributed by atoms with Gasteiger partial charge in [-0.1, -0.05) is 18.2 Å². The van der Waals surface area contributed by atoms with Gasteiger partial charge in [-0.25, -0.2) is 0 Å². The van der Waals surface area contributed by atoms with Crippen LogP contribution in [0.4, 0.5) is 0 Å². The molecule has 1 atom stereocenters. The largest absolute Gasteiger partial charge is 0.355 e. The molecule has 3 heterocycles. The topological polar surface area (TPSA) is 80.6 Å². The summed E-state index contributed by atoms with van der Waals surface area (Å²) in [6.07, 6.45) is 4.42. The number of carbonyl (C=O) groups is 2. The first kappa shape index (κ1) is 17.9. The molecule has 2 aromatic heterocycles. The van der Waals surface area contributed by atoms with Gasteiger partial charge in [-0.2, -0.15) is 0 Å². The normalized spacial score (nSPS) is 15.5. The summed E-state index contributed by atoms with van der Waals surface area (Å²) in [4.78, 5) is 27.8. The lowest BCUT2D eigenvalue weighted by Crippen LogP contribution is -2.16. The minimum atomic E-state index is -0.298. The molecule has 1 aliphatic rings. The van der Waals surface area contributed by atoms with Gasteiger partial charge in [0.05, 0.1) is 10.9 Å². The van der Waals surface area contributed by atoms with E-state index in [1.807, 2.05) is 20.8 Å². The lowest BCUT2D eigenvalue weighted by Gasteiger charge is -2.11. The fraction of sp³-hybridized carbons (Fsp3) is 0.556. The summed E-state index contributed by atoms with van der Waals surface area (Å²) in [7, 11) is 0. The minimum Gasteiger partial charge on any atom is -0.355 e. The number of Topliss-reactive ketones (excluding diaryl/α,β-unsaturated/α-hetero) is 2. The van der Waals surface area contributed by atoms with Crippen LogP contribution in [0.25, 0.3) is 0 Å². The number of fused-ring (bicyclic) bond motifs is 1. The van der Waals surface area contributed by atoms with Gasteiger partial charge in [-0.3, -0.25) is 9.59 Å². The Balaban J connectivity index is 1.81. The van der Waals surface area contributed by atoms with Crippen LogP contribution in [0.2, 0.25) is 0 Å². The van der Waals surface area contributed by atoms with E-state index >= 15 is 0 Å². The van der Waals surface area contributed by atoms with Crippen molar-refractivity contribution in [3.8, 4) is 0 Å². The van der Waals surface area contributed by atoms with Crippen molar-refractivity contribution in [3.05, 3.63) is 28.3 Å². The van der Waals surface area contributed by atoms with Crippen LogP contribution in [0.1, 0.15) is 71.0 Å². The summed E-state index contributed by atoms with van der Waals surface area (Å²) < 4.78 is 2.15. The van der Waals surface area contributed by atoms with Crippen molar-refractivity contribution in [3.63, 3.8) is 0 Å². The first-order valence-corrected chi connectivity index (χ1v) is 9.61. The molecule has 7 heteroatoms. The molecule has 0 fully saturated rings. The fourth-order valence-corrected chi connectivity index (χ4v) is 4.44. The van der Waals surface area contributed by atoms with E-state index in [4.69, 9.17) is 0 Å². The van der Waals surface area contributed by atoms with Crippen LogP contribution < -0.4 is 0 Å². The number of aromatic amines is 1. The van der Waals surface area contributed by atoms with Crippen LogP contribution >= 0.6 is 11.8 Å². The monoisotopic (exact) mass is 360 g/mol. The van der Waals surface area contributed by atoms with Crippen LogP contribution in [-0.4, -0.2) is 36.6 Å². The Morgan fingerprint density at radius 1 is 1.20 bits per heavy atom. The molecular formula is C18H24N4O2S. The van der Waals surface area contributed by atoms with Gasteiger partial charge in [-0.05, 0) is 46.1 Å². The van der Waals surface area contributed by atoms with Crippen molar-refractivity contribution < 1.29 is 9.59 Å². The van der Waals surface area contributed by atoms with Gasteiger partial charge in [0.2, 0.25) is 0 Å². The molecule has 0 saturated heterocycles. The van der Waals surface area contributed by atoms with Crippen LogP contribution in [0.15, 0.2) is 5.16 Å². The van der Waals surface area contributed by atoms with Crippen molar-refractivity contribution in [2.24, 2.45) is 0 Å². The Morgan fingerprint density at radius 2 is 1.96 bits per heavy atom. The van der Waals surface area contributed by atoms with E-state index in [1.165, 1.54) is 25.1 Å². The lowest BCUT2D eigenvalue weighted by molar-refractivity contribution is 0.0988. The fourth-order valence-electron chi connectivity index (χ4n) is 3.48. The molecule has 134 valence electrons. The number of hydrogen-bond acceptors (Lipinski definition) is 5. The molecule has 2 aromatic rings. The smallest absolute Gasteiger partial charge is 0.192 e. The highest BCUT2D eigenvalue weighted by Gasteiger charge is 2.26. The van der Waals surface area contributed by atoms with E-state index in [2.05, 4.69) is 19.7 Å². The molecule has 0 radical (unpaired) electrons. The minimum absolute atomic E-state index is 0.0101. The molecule has 3 rings (SSSR count). The highest BCUT2D eigenvalue weighted by molar-refractivity contribution is 8.00. The van der Waals surface area contributed by atoms with Gasteiger partial charge in [0.25, 0.3) is 0 Å². The van der Waals surface area contributed by atoms with E-state index in [-0.39, 0.29) is 16.8 Å². The second-order valence-corrected chi connectivity index (χ2v) is 7.97.